The fourth-order valence-corrected chi connectivity index (χ4v) is 2.56. The second kappa shape index (κ2) is 11.4. The van der Waals surface area contributed by atoms with Crippen molar-refractivity contribution in [1.82, 2.24) is 0 Å². The molecule has 2 atom stereocenters. The molecule has 0 amide bonds. The molecule has 0 aliphatic heterocycles. The van der Waals surface area contributed by atoms with E-state index < -0.39 is 6.10 Å². The van der Waals surface area contributed by atoms with Gasteiger partial charge in [-0.3, -0.25) is 4.99 Å². The van der Waals surface area contributed by atoms with E-state index in [2.05, 4.69) is 18.8 Å². The molecule has 0 saturated carbocycles. The maximum Gasteiger partial charge on any atom is 0.128 e. The highest BCUT2D eigenvalue weighted by atomic mass is 16.5. The quantitative estimate of drug-likeness (QED) is 0.583. The Morgan fingerprint density at radius 3 is 2.48 bits per heavy atom. The Morgan fingerprint density at radius 1 is 1.07 bits per heavy atom. The number of hydrogen-bond donors (Lipinski definition) is 2. The molecule has 2 unspecified atom stereocenters. The summed E-state index contributed by atoms with van der Waals surface area (Å²) in [6.07, 6.45) is 4.26. The number of rotatable bonds is 11. The highest BCUT2D eigenvalue weighted by Crippen LogP contribution is 2.22. The Balaban J connectivity index is 2.03. The molecule has 0 aromatic heterocycles. The van der Waals surface area contributed by atoms with Crippen LogP contribution in [-0.4, -0.2) is 41.8 Å². The van der Waals surface area contributed by atoms with Gasteiger partial charge in [-0.15, -0.1) is 0 Å². The van der Waals surface area contributed by atoms with E-state index in [0.717, 1.165) is 36.3 Å². The number of aliphatic hydroxyl groups is 2. The first-order valence-electron chi connectivity index (χ1n) is 9.47. The van der Waals surface area contributed by atoms with Gasteiger partial charge in [-0.1, -0.05) is 32.4 Å². The zero-order valence-electron chi connectivity index (χ0n) is 16.0. The lowest BCUT2D eigenvalue weighted by atomic mass is 10.1. The van der Waals surface area contributed by atoms with E-state index in [1.807, 2.05) is 36.4 Å². The molecule has 0 spiro atoms. The predicted molar refractivity (Wildman–Crippen MR) is 108 cm³/mol. The van der Waals surface area contributed by atoms with Crippen LogP contribution in [0.15, 0.2) is 53.5 Å². The summed E-state index contributed by atoms with van der Waals surface area (Å²) in [4.78, 5) is 4.52. The maximum absolute atomic E-state index is 9.31. The number of para-hydroxylation sites is 1. The van der Waals surface area contributed by atoms with Gasteiger partial charge in [0, 0.05) is 11.8 Å². The largest absolute Gasteiger partial charge is 0.491 e. The summed E-state index contributed by atoms with van der Waals surface area (Å²) in [7, 11) is 0. The Labute approximate surface area is 161 Å². The van der Waals surface area contributed by atoms with Gasteiger partial charge in [-0.2, -0.15) is 0 Å². The number of nitrogens with zero attached hydrogens (tertiary/aromatic N) is 1. The summed E-state index contributed by atoms with van der Waals surface area (Å²) in [5.74, 6) is 1.47. The summed E-state index contributed by atoms with van der Waals surface area (Å²) in [6, 6.07) is 15.2. The molecule has 0 saturated heterocycles. The molecule has 2 aromatic rings. The van der Waals surface area contributed by atoms with E-state index in [1.165, 1.54) is 0 Å². The van der Waals surface area contributed by atoms with Crippen molar-refractivity contribution in [3.05, 3.63) is 54.1 Å². The zero-order chi connectivity index (χ0) is 19.5. The molecule has 0 aliphatic carbocycles. The molecule has 0 aliphatic rings. The number of aliphatic imine (C=N–C) groups is 1. The van der Waals surface area contributed by atoms with Gasteiger partial charge in [0.25, 0.3) is 0 Å². The minimum Gasteiger partial charge on any atom is -0.491 e. The normalized spacial score (nSPS) is 13.5. The van der Waals surface area contributed by atoms with Crippen molar-refractivity contribution in [3.63, 3.8) is 0 Å². The Hall–Kier alpha value is -2.37. The van der Waals surface area contributed by atoms with E-state index in [1.54, 1.807) is 18.3 Å². The molecule has 146 valence electrons. The molecule has 27 heavy (non-hydrogen) atoms. The topological polar surface area (TPSA) is 71.3 Å². The molecule has 5 heteroatoms. The van der Waals surface area contributed by atoms with Crippen molar-refractivity contribution >= 4 is 11.9 Å². The highest BCUT2D eigenvalue weighted by molar-refractivity contribution is 5.85. The van der Waals surface area contributed by atoms with Crippen LogP contribution in [0, 0.1) is 0 Å². The molecule has 2 rings (SSSR count). The van der Waals surface area contributed by atoms with E-state index in [0.29, 0.717) is 5.75 Å². The smallest absolute Gasteiger partial charge is 0.128 e. The summed E-state index contributed by atoms with van der Waals surface area (Å²) in [5, 5.41) is 18.1. The van der Waals surface area contributed by atoms with Crippen LogP contribution in [0.2, 0.25) is 0 Å². The maximum atomic E-state index is 9.31. The standard InChI is InChI=1S/C22H29NO4/c1-3-7-20(4-2)27-22-9-6-5-8-17(22)14-23-18-10-12-21(13-11-18)26-16-19(25)15-24/h5-6,8-14,19-20,24-25H,3-4,7,15-16H2,1-2H3. The SMILES string of the molecule is CCCC(CC)Oc1ccccc1C=Nc1ccc(OCC(O)CO)cc1. The third kappa shape index (κ3) is 7.04. The molecular weight excluding hydrogens is 342 g/mol. The van der Waals surface area contributed by atoms with Gasteiger partial charge in [0.2, 0.25) is 0 Å². The monoisotopic (exact) mass is 371 g/mol. The minimum absolute atomic E-state index is 0.0557. The highest BCUT2D eigenvalue weighted by Gasteiger charge is 2.09. The van der Waals surface area contributed by atoms with Crippen molar-refractivity contribution in [2.45, 2.75) is 45.3 Å². The number of aliphatic hydroxyl groups excluding tert-OH is 2. The van der Waals surface area contributed by atoms with Crippen molar-refractivity contribution in [3.8, 4) is 11.5 Å². The van der Waals surface area contributed by atoms with Crippen molar-refractivity contribution < 1.29 is 19.7 Å². The van der Waals surface area contributed by atoms with Crippen LogP contribution in [0.5, 0.6) is 11.5 Å². The second-order valence-corrected chi connectivity index (χ2v) is 6.37. The Kier molecular flexibility index (Phi) is 8.81. The molecule has 5 nitrogen and oxygen atoms in total. The molecule has 0 heterocycles. The van der Waals surface area contributed by atoms with Crippen LogP contribution in [0.1, 0.15) is 38.7 Å². The van der Waals surface area contributed by atoms with Crippen molar-refractivity contribution in [2.24, 2.45) is 4.99 Å². The molecule has 0 fully saturated rings. The van der Waals surface area contributed by atoms with Gasteiger partial charge in [0.05, 0.1) is 18.4 Å². The van der Waals surface area contributed by atoms with Gasteiger partial charge in [-0.25, -0.2) is 0 Å². The number of benzene rings is 2. The fourth-order valence-electron chi connectivity index (χ4n) is 2.56. The van der Waals surface area contributed by atoms with Crippen molar-refractivity contribution in [1.29, 1.82) is 0 Å². The van der Waals surface area contributed by atoms with Crippen LogP contribution < -0.4 is 9.47 Å². The first-order chi connectivity index (χ1) is 13.2. The molecule has 0 radical (unpaired) electrons. The van der Waals surface area contributed by atoms with Crippen LogP contribution in [0.25, 0.3) is 0 Å². The van der Waals surface area contributed by atoms with Gasteiger partial charge < -0.3 is 19.7 Å². The van der Waals surface area contributed by atoms with Gasteiger partial charge >= 0.3 is 0 Å². The van der Waals surface area contributed by atoms with E-state index >= 15 is 0 Å². The van der Waals surface area contributed by atoms with E-state index in [-0.39, 0.29) is 19.3 Å². The molecule has 2 N–H and O–H groups in total. The zero-order valence-corrected chi connectivity index (χ0v) is 16.0. The summed E-state index contributed by atoms with van der Waals surface area (Å²) in [5.41, 5.74) is 1.74. The van der Waals surface area contributed by atoms with Crippen LogP contribution in [-0.2, 0) is 0 Å². The minimum atomic E-state index is -0.876. The average molecular weight is 371 g/mol. The first-order valence-corrected chi connectivity index (χ1v) is 9.47. The van der Waals surface area contributed by atoms with Crippen LogP contribution in [0.3, 0.4) is 0 Å². The fraction of sp³-hybridized carbons (Fsp3) is 0.409. The lowest BCUT2D eigenvalue weighted by Gasteiger charge is -2.18. The van der Waals surface area contributed by atoms with Gasteiger partial charge in [-0.05, 0) is 49.2 Å². The van der Waals surface area contributed by atoms with Crippen LogP contribution >= 0.6 is 0 Å². The lowest BCUT2D eigenvalue weighted by Crippen LogP contribution is -2.21. The third-order valence-electron chi connectivity index (χ3n) is 4.12. The number of hydrogen-bond acceptors (Lipinski definition) is 5. The van der Waals surface area contributed by atoms with Gasteiger partial charge in [0.1, 0.15) is 24.2 Å². The van der Waals surface area contributed by atoms with Crippen molar-refractivity contribution in [2.75, 3.05) is 13.2 Å². The summed E-state index contributed by atoms with van der Waals surface area (Å²) >= 11 is 0. The van der Waals surface area contributed by atoms with E-state index in [4.69, 9.17) is 14.6 Å². The van der Waals surface area contributed by atoms with Gasteiger partial charge in [0.15, 0.2) is 0 Å². The Bertz CT molecular complexity index is 700. The summed E-state index contributed by atoms with van der Waals surface area (Å²) < 4.78 is 11.5. The first kappa shape index (κ1) is 20.9. The Morgan fingerprint density at radius 2 is 1.81 bits per heavy atom. The second-order valence-electron chi connectivity index (χ2n) is 6.37. The predicted octanol–water partition coefficient (Wildman–Crippen LogP) is 4.13. The summed E-state index contributed by atoms with van der Waals surface area (Å²) in [6.45, 7) is 4.04. The van der Waals surface area contributed by atoms with Crippen LogP contribution in [0.4, 0.5) is 5.69 Å². The average Bonchev–Trinajstić information content (AvgIpc) is 2.71. The third-order valence-corrected chi connectivity index (χ3v) is 4.12. The molecule has 2 aromatic carbocycles. The number of ether oxygens (including phenoxy) is 2. The van der Waals surface area contributed by atoms with E-state index in [9.17, 15) is 5.11 Å². The molecular formula is C22H29NO4. The lowest BCUT2D eigenvalue weighted by molar-refractivity contribution is 0.0536. The molecule has 0 bridgehead atoms.